The molecule has 0 heterocycles. The van der Waals surface area contributed by atoms with Crippen molar-refractivity contribution in [1.29, 1.82) is 0 Å². The standard InChI is InChI=1S/C16H18O3P/c1-5-9-11-14-15(8-4)18-20(17)19-16(12-7-3)13-10-6-2/h5-14H,1-4H2/q+1/b11-9-,13-10-,15-14+,16-12+. The molecule has 0 aromatic carbocycles. The van der Waals surface area contributed by atoms with Crippen LogP contribution >= 0.6 is 8.25 Å². The molecule has 104 valence electrons. The smallest absolute Gasteiger partial charge is 0.222 e. The van der Waals surface area contributed by atoms with Crippen molar-refractivity contribution in [2.45, 2.75) is 0 Å². The van der Waals surface area contributed by atoms with Gasteiger partial charge in [0.1, 0.15) is 0 Å². The van der Waals surface area contributed by atoms with E-state index < -0.39 is 8.25 Å². The molecule has 0 bridgehead atoms. The lowest BCUT2D eigenvalue weighted by Gasteiger charge is -1.93. The second kappa shape index (κ2) is 11.7. The minimum Gasteiger partial charge on any atom is -0.222 e. The van der Waals surface area contributed by atoms with Gasteiger partial charge < -0.3 is 0 Å². The SMILES string of the molecule is C=C/C=C\C=C(/C=C)O[P+](=O)OC(/C=C\C=C)=C/C=C. The minimum atomic E-state index is -2.36. The molecule has 0 saturated carbocycles. The van der Waals surface area contributed by atoms with Gasteiger partial charge in [0.25, 0.3) is 0 Å². The molecular formula is C16H18O3P+. The van der Waals surface area contributed by atoms with Crippen LogP contribution in [0.4, 0.5) is 0 Å². The van der Waals surface area contributed by atoms with Gasteiger partial charge in [0.05, 0.1) is 0 Å². The molecule has 1 unspecified atom stereocenters. The molecule has 0 saturated heterocycles. The van der Waals surface area contributed by atoms with Gasteiger partial charge in [-0.1, -0.05) is 62.8 Å². The fraction of sp³-hybridized carbons (Fsp3) is 0. The molecule has 0 spiro atoms. The Morgan fingerprint density at radius 1 is 0.800 bits per heavy atom. The highest BCUT2D eigenvalue weighted by molar-refractivity contribution is 7.33. The summed E-state index contributed by atoms with van der Waals surface area (Å²) in [6.07, 6.45) is 15.9. The lowest BCUT2D eigenvalue weighted by molar-refractivity contribution is 0.329. The molecule has 3 nitrogen and oxygen atoms in total. The van der Waals surface area contributed by atoms with E-state index in [1.165, 1.54) is 12.2 Å². The third-order valence-electron chi connectivity index (χ3n) is 1.75. The molecule has 0 N–H and O–H groups in total. The molecule has 0 rings (SSSR count). The zero-order valence-corrected chi connectivity index (χ0v) is 12.2. The van der Waals surface area contributed by atoms with E-state index in [1.54, 1.807) is 48.6 Å². The fourth-order valence-electron chi connectivity index (χ4n) is 0.951. The van der Waals surface area contributed by atoms with Crippen molar-refractivity contribution in [3.8, 4) is 0 Å². The number of rotatable bonds is 10. The summed E-state index contributed by atoms with van der Waals surface area (Å²) in [5.74, 6) is 0.681. The summed E-state index contributed by atoms with van der Waals surface area (Å²) in [7, 11) is -2.36. The maximum absolute atomic E-state index is 11.7. The van der Waals surface area contributed by atoms with Crippen LogP contribution in [0.1, 0.15) is 0 Å². The number of allylic oxidation sites excluding steroid dienone is 10. The van der Waals surface area contributed by atoms with Gasteiger partial charge in [0.2, 0.25) is 0 Å². The molecule has 0 aliphatic carbocycles. The Labute approximate surface area is 121 Å². The first kappa shape index (κ1) is 17.6. The minimum absolute atomic E-state index is 0.329. The third kappa shape index (κ3) is 8.67. The van der Waals surface area contributed by atoms with E-state index >= 15 is 0 Å². The van der Waals surface area contributed by atoms with Gasteiger partial charge in [-0.3, -0.25) is 0 Å². The van der Waals surface area contributed by atoms with E-state index in [0.717, 1.165) is 0 Å². The summed E-state index contributed by atoms with van der Waals surface area (Å²) >= 11 is 0. The molecule has 4 heteroatoms. The molecule has 0 aromatic rings. The summed E-state index contributed by atoms with van der Waals surface area (Å²) in [5.41, 5.74) is 0. The summed E-state index contributed by atoms with van der Waals surface area (Å²) in [6, 6.07) is 0. The third-order valence-corrected chi connectivity index (χ3v) is 2.47. The van der Waals surface area contributed by atoms with Crippen LogP contribution < -0.4 is 0 Å². The highest BCUT2D eigenvalue weighted by Crippen LogP contribution is 2.31. The first-order chi connectivity index (χ1) is 9.67. The Bertz CT molecular complexity index is 494. The fourth-order valence-corrected chi connectivity index (χ4v) is 1.59. The molecule has 0 amide bonds. The molecular weight excluding hydrogens is 271 g/mol. The van der Waals surface area contributed by atoms with Crippen LogP contribution in [0.25, 0.3) is 0 Å². The Balaban J connectivity index is 4.73. The van der Waals surface area contributed by atoms with Crippen LogP contribution in [0.15, 0.2) is 98.6 Å². The summed E-state index contributed by atoms with van der Waals surface area (Å²) in [5, 5.41) is 0. The van der Waals surface area contributed by atoms with Gasteiger partial charge >= 0.3 is 8.25 Å². The van der Waals surface area contributed by atoms with Crippen LogP contribution in [0.5, 0.6) is 0 Å². The molecule has 1 atom stereocenters. The quantitative estimate of drug-likeness (QED) is 0.311. The van der Waals surface area contributed by atoms with E-state index in [2.05, 4.69) is 26.3 Å². The van der Waals surface area contributed by atoms with Crippen LogP contribution in [-0.2, 0) is 13.6 Å². The first-order valence-corrected chi connectivity index (χ1v) is 6.84. The lowest BCUT2D eigenvalue weighted by atomic mass is 10.4. The van der Waals surface area contributed by atoms with Crippen molar-refractivity contribution in [3.05, 3.63) is 98.6 Å². The molecule has 0 radical (unpaired) electrons. The van der Waals surface area contributed by atoms with Crippen LogP contribution in [-0.4, -0.2) is 0 Å². The Morgan fingerprint density at radius 3 is 2.00 bits per heavy atom. The average Bonchev–Trinajstić information content (AvgIpc) is 2.44. The van der Waals surface area contributed by atoms with Crippen molar-refractivity contribution in [1.82, 2.24) is 0 Å². The zero-order valence-electron chi connectivity index (χ0n) is 11.3. The predicted octanol–water partition coefficient (Wildman–Crippen LogP) is 5.30. The lowest BCUT2D eigenvalue weighted by Crippen LogP contribution is -1.84. The monoisotopic (exact) mass is 289 g/mol. The van der Waals surface area contributed by atoms with Crippen LogP contribution in [0, 0.1) is 0 Å². The van der Waals surface area contributed by atoms with Crippen molar-refractivity contribution < 1.29 is 13.6 Å². The van der Waals surface area contributed by atoms with Crippen molar-refractivity contribution >= 4 is 8.25 Å². The second-order valence-corrected chi connectivity index (χ2v) is 4.01. The number of hydrogen-bond acceptors (Lipinski definition) is 3. The topological polar surface area (TPSA) is 35.5 Å². The molecule has 0 fully saturated rings. The molecule has 0 aromatic heterocycles. The zero-order chi connectivity index (χ0) is 15.2. The van der Waals surface area contributed by atoms with E-state index in [9.17, 15) is 4.57 Å². The maximum atomic E-state index is 11.7. The van der Waals surface area contributed by atoms with Crippen molar-refractivity contribution in [2.75, 3.05) is 0 Å². The van der Waals surface area contributed by atoms with Gasteiger partial charge in [-0.05, 0) is 24.3 Å². The Morgan fingerprint density at radius 2 is 1.45 bits per heavy atom. The van der Waals surface area contributed by atoms with Crippen molar-refractivity contribution in [3.63, 3.8) is 0 Å². The van der Waals surface area contributed by atoms with E-state index in [0.29, 0.717) is 11.5 Å². The highest BCUT2D eigenvalue weighted by Gasteiger charge is 2.24. The molecule has 0 aliphatic heterocycles. The highest BCUT2D eigenvalue weighted by atomic mass is 31.1. The van der Waals surface area contributed by atoms with Gasteiger partial charge in [-0.25, -0.2) is 9.05 Å². The van der Waals surface area contributed by atoms with E-state index in [4.69, 9.17) is 9.05 Å². The van der Waals surface area contributed by atoms with Crippen LogP contribution in [0.2, 0.25) is 0 Å². The van der Waals surface area contributed by atoms with Gasteiger partial charge in [0, 0.05) is 4.57 Å². The van der Waals surface area contributed by atoms with Crippen LogP contribution in [0.3, 0.4) is 0 Å². The average molecular weight is 289 g/mol. The largest absolute Gasteiger partial charge is 0.805 e. The first-order valence-electron chi connectivity index (χ1n) is 5.74. The van der Waals surface area contributed by atoms with Crippen molar-refractivity contribution in [2.24, 2.45) is 0 Å². The Hall–Kier alpha value is -2.38. The normalized spacial score (nSPS) is 13.1. The molecule has 0 aliphatic rings. The van der Waals surface area contributed by atoms with Gasteiger partial charge in [0.15, 0.2) is 11.5 Å². The van der Waals surface area contributed by atoms with Gasteiger partial charge in [-0.2, -0.15) is 0 Å². The van der Waals surface area contributed by atoms with E-state index in [1.807, 2.05) is 0 Å². The van der Waals surface area contributed by atoms with E-state index in [-0.39, 0.29) is 0 Å². The summed E-state index contributed by atoms with van der Waals surface area (Å²) in [4.78, 5) is 0. The Kier molecular flexibility index (Phi) is 10.3. The molecule has 20 heavy (non-hydrogen) atoms. The summed E-state index contributed by atoms with van der Waals surface area (Å²) < 4.78 is 22.0. The number of hydrogen-bond donors (Lipinski definition) is 0. The maximum Gasteiger partial charge on any atom is 0.805 e. The van der Waals surface area contributed by atoms with Gasteiger partial charge in [-0.15, -0.1) is 0 Å². The predicted molar refractivity (Wildman–Crippen MR) is 85.0 cm³/mol. The second-order valence-electron chi connectivity index (χ2n) is 3.20. The summed E-state index contributed by atoms with van der Waals surface area (Å²) in [6.45, 7) is 14.2.